The molecule has 0 spiro atoms. The summed E-state index contributed by atoms with van der Waals surface area (Å²) < 4.78 is 28.9. The molecule has 258 valence electrons. The third-order valence-electron chi connectivity index (χ3n) is 8.96. The fraction of sp³-hybridized carbons (Fsp3) is 0.270. The van der Waals surface area contributed by atoms with Crippen LogP contribution in [0.25, 0.3) is 17.0 Å². The second-order valence-electron chi connectivity index (χ2n) is 12.5. The van der Waals surface area contributed by atoms with Crippen LogP contribution in [0.4, 0.5) is 26.1 Å². The molecule has 2 aromatic heterocycles. The number of carbonyl (C=O) groups is 1. The van der Waals surface area contributed by atoms with Gasteiger partial charge in [-0.3, -0.25) is 14.2 Å². The Labute approximate surface area is 287 Å². The zero-order valence-electron chi connectivity index (χ0n) is 28.1. The van der Waals surface area contributed by atoms with E-state index in [-0.39, 0.29) is 24.2 Å². The highest BCUT2D eigenvalue weighted by molar-refractivity contribution is 5.93. The Morgan fingerprint density at radius 3 is 2.50 bits per heavy atom. The summed E-state index contributed by atoms with van der Waals surface area (Å²) in [5.41, 5.74) is 2.11. The lowest BCUT2D eigenvalue weighted by Crippen LogP contribution is -2.43. The maximum atomic E-state index is 13.7. The van der Waals surface area contributed by atoms with Crippen molar-refractivity contribution in [2.45, 2.75) is 25.4 Å². The monoisotopic (exact) mass is 680 g/mol. The number of halogens is 2. The summed E-state index contributed by atoms with van der Waals surface area (Å²) in [5.74, 6) is -2.34. The van der Waals surface area contributed by atoms with E-state index in [1.54, 1.807) is 12.3 Å². The van der Waals surface area contributed by atoms with Gasteiger partial charge in [-0.1, -0.05) is 24.3 Å². The van der Waals surface area contributed by atoms with Gasteiger partial charge in [0, 0.05) is 55.8 Å². The summed E-state index contributed by atoms with van der Waals surface area (Å²) in [6, 6.07) is 17.6. The van der Waals surface area contributed by atoms with Crippen LogP contribution >= 0.6 is 0 Å². The van der Waals surface area contributed by atoms with E-state index in [0.717, 1.165) is 75.5 Å². The lowest BCUT2D eigenvalue weighted by atomic mass is 10.0. The van der Waals surface area contributed by atoms with Crippen LogP contribution in [0.1, 0.15) is 34.3 Å². The third-order valence-corrected chi connectivity index (χ3v) is 8.96. The number of likely N-dealkylation sites (tertiary alicyclic amines) is 1. The first-order valence-corrected chi connectivity index (χ1v) is 16.3. The molecule has 1 amide bonds. The van der Waals surface area contributed by atoms with Gasteiger partial charge in [-0.05, 0) is 92.6 Å². The van der Waals surface area contributed by atoms with Crippen LogP contribution in [0.2, 0.25) is 0 Å². The highest BCUT2D eigenvalue weighted by atomic mass is 19.2. The van der Waals surface area contributed by atoms with Crippen LogP contribution in [0.5, 0.6) is 0 Å². The number of aromatic nitrogens is 4. The Morgan fingerprint density at radius 2 is 1.76 bits per heavy atom. The topological polar surface area (TPSA) is 117 Å². The molecule has 0 bridgehead atoms. The Kier molecular flexibility index (Phi) is 10.1. The molecule has 11 nitrogen and oxygen atoms in total. The molecule has 0 radical (unpaired) electrons. The number of fused-ring (bicyclic) bond motifs is 1. The quantitative estimate of drug-likeness (QED) is 0.221. The molecule has 3 aromatic carbocycles. The van der Waals surface area contributed by atoms with Crippen LogP contribution in [-0.2, 0) is 13.6 Å². The predicted molar refractivity (Wildman–Crippen MR) is 191 cm³/mol. The van der Waals surface area contributed by atoms with Crippen molar-refractivity contribution in [2.75, 3.05) is 43.9 Å². The average Bonchev–Trinajstić information content (AvgIpc) is 3.12. The van der Waals surface area contributed by atoms with E-state index in [0.29, 0.717) is 12.0 Å². The van der Waals surface area contributed by atoms with Gasteiger partial charge >= 0.3 is 5.69 Å². The van der Waals surface area contributed by atoms with E-state index in [2.05, 4.69) is 56.6 Å². The summed E-state index contributed by atoms with van der Waals surface area (Å²) in [5, 5.41) is 6.78. The molecule has 2 N–H and O–H groups in total. The molecular formula is C37H38F2N8O3. The van der Waals surface area contributed by atoms with Crippen molar-refractivity contribution in [1.82, 2.24) is 29.3 Å². The molecule has 50 heavy (non-hydrogen) atoms. The Hall–Kier alpha value is -5.69. The molecule has 6 rings (SSSR count). The molecule has 0 aliphatic carbocycles. The van der Waals surface area contributed by atoms with E-state index in [1.807, 2.05) is 36.4 Å². The van der Waals surface area contributed by atoms with E-state index >= 15 is 0 Å². The molecule has 0 atom stereocenters. The Morgan fingerprint density at radius 1 is 1.00 bits per heavy atom. The zero-order valence-corrected chi connectivity index (χ0v) is 28.1. The van der Waals surface area contributed by atoms with E-state index in [4.69, 9.17) is 0 Å². The summed E-state index contributed by atoms with van der Waals surface area (Å²) in [6.45, 7) is 2.01. The SMILES string of the molecule is CN1CCC(N(C)c2ccc(Nc3ncc4cc(C=CCNC(=O)c5cn(C)c(=O)n(Cc6ccc(F)c(F)c6)c5=O)ccc4n3)cc2)CC1. The molecule has 1 aliphatic rings. The average molecular weight is 681 g/mol. The first-order chi connectivity index (χ1) is 24.0. The maximum absolute atomic E-state index is 13.7. The number of hydrogen-bond donors (Lipinski definition) is 2. The standard InChI is InChI=1S/C37H38F2N8O3/c1-44-17-14-29(15-18-44)46(3)28-10-8-27(9-11-28)42-36-41-21-26-19-24(7-13-33(26)43-36)5-4-16-40-34(48)30-23-45(2)37(50)47(35(30)49)22-25-6-12-31(38)32(39)20-25/h4-13,19-21,23,29H,14-18,22H2,1-3H3,(H,40,48)(H,41,42,43). The molecule has 13 heteroatoms. The summed E-state index contributed by atoms with van der Waals surface area (Å²) in [4.78, 5) is 52.4. The second kappa shape index (κ2) is 14.8. The van der Waals surface area contributed by atoms with Gasteiger partial charge in [0.1, 0.15) is 5.56 Å². The molecule has 1 fully saturated rings. The first kappa shape index (κ1) is 34.2. The van der Waals surface area contributed by atoms with Crippen molar-refractivity contribution in [3.8, 4) is 0 Å². The normalized spacial score (nSPS) is 13.9. The number of carbonyl (C=O) groups excluding carboxylic acids is 1. The number of rotatable bonds is 10. The molecule has 0 unspecified atom stereocenters. The highest BCUT2D eigenvalue weighted by Gasteiger charge is 2.21. The fourth-order valence-corrected chi connectivity index (χ4v) is 6.00. The zero-order chi connectivity index (χ0) is 35.4. The molecule has 5 aromatic rings. The number of nitrogens with one attached hydrogen (secondary N) is 2. The number of amides is 1. The van der Waals surface area contributed by atoms with Gasteiger partial charge in [-0.25, -0.2) is 23.5 Å². The molecule has 1 aliphatic heterocycles. The molecular weight excluding hydrogens is 642 g/mol. The van der Waals surface area contributed by atoms with Gasteiger partial charge in [0.2, 0.25) is 5.95 Å². The van der Waals surface area contributed by atoms with Gasteiger partial charge in [0.05, 0.1) is 12.1 Å². The summed E-state index contributed by atoms with van der Waals surface area (Å²) in [6.07, 6.45) is 8.76. The third kappa shape index (κ3) is 7.78. The second-order valence-corrected chi connectivity index (χ2v) is 12.5. The number of anilines is 3. The molecule has 0 saturated carbocycles. The predicted octanol–water partition coefficient (Wildman–Crippen LogP) is 4.53. The number of nitrogens with zero attached hydrogens (tertiary/aromatic N) is 6. The van der Waals surface area contributed by atoms with Gasteiger partial charge in [0.25, 0.3) is 11.5 Å². The van der Waals surface area contributed by atoms with Crippen molar-refractivity contribution in [3.05, 3.63) is 128 Å². The van der Waals surface area contributed by atoms with Crippen molar-refractivity contribution in [3.63, 3.8) is 0 Å². The van der Waals surface area contributed by atoms with Crippen molar-refractivity contribution in [2.24, 2.45) is 7.05 Å². The first-order valence-electron chi connectivity index (χ1n) is 16.3. The largest absolute Gasteiger partial charge is 0.372 e. The van der Waals surface area contributed by atoms with Gasteiger partial charge in [0.15, 0.2) is 11.6 Å². The van der Waals surface area contributed by atoms with E-state index < -0.39 is 28.8 Å². The van der Waals surface area contributed by atoms with Crippen LogP contribution in [0.3, 0.4) is 0 Å². The summed E-state index contributed by atoms with van der Waals surface area (Å²) >= 11 is 0. The smallest absolute Gasteiger partial charge is 0.331 e. The Bertz CT molecular complexity index is 2170. The number of aryl methyl sites for hydroxylation is 1. The number of piperidine rings is 1. The minimum Gasteiger partial charge on any atom is -0.372 e. The van der Waals surface area contributed by atoms with E-state index in [1.165, 1.54) is 18.8 Å². The lowest BCUT2D eigenvalue weighted by molar-refractivity contribution is 0.0954. The molecule has 1 saturated heterocycles. The van der Waals surface area contributed by atoms with Crippen molar-refractivity contribution < 1.29 is 13.6 Å². The van der Waals surface area contributed by atoms with Crippen LogP contribution in [-0.4, -0.2) is 69.7 Å². The summed E-state index contributed by atoms with van der Waals surface area (Å²) in [7, 11) is 5.72. The minimum atomic E-state index is -1.10. The van der Waals surface area contributed by atoms with Crippen LogP contribution in [0.15, 0.2) is 88.7 Å². The van der Waals surface area contributed by atoms with Crippen molar-refractivity contribution in [1.29, 1.82) is 0 Å². The molecule has 3 heterocycles. The van der Waals surface area contributed by atoms with E-state index in [9.17, 15) is 23.2 Å². The number of hydrogen-bond acceptors (Lipinski definition) is 8. The van der Waals surface area contributed by atoms with Gasteiger partial charge in [-0.15, -0.1) is 0 Å². The van der Waals surface area contributed by atoms with Crippen LogP contribution < -0.4 is 26.8 Å². The van der Waals surface area contributed by atoms with Crippen LogP contribution in [0, 0.1) is 11.6 Å². The minimum absolute atomic E-state index is 0.105. The van der Waals surface area contributed by atoms with Gasteiger partial charge in [-0.2, -0.15) is 0 Å². The maximum Gasteiger partial charge on any atom is 0.331 e. The fourth-order valence-electron chi connectivity index (χ4n) is 6.00. The van der Waals surface area contributed by atoms with Gasteiger partial charge < -0.3 is 25.0 Å². The Balaban J connectivity index is 1.05. The highest BCUT2D eigenvalue weighted by Crippen LogP contribution is 2.25. The lowest BCUT2D eigenvalue weighted by Gasteiger charge is -2.36. The van der Waals surface area contributed by atoms with Crippen molar-refractivity contribution >= 4 is 40.2 Å². The number of benzene rings is 3.